The number of anilines is 1. The Kier molecular flexibility index (Phi) is 6.21. The van der Waals surface area contributed by atoms with Crippen molar-refractivity contribution in [1.29, 1.82) is 0 Å². The van der Waals surface area contributed by atoms with Gasteiger partial charge in [-0.3, -0.25) is 0 Å². The zero-order valence-electron chi connectivity index (χ0n) is 16.0. The fourth-order valence-corrected chi connectivity index (χ4v) is 5.00. The third-order valence-corrected chi connectivity index (χ3v) is 6.36. The van der Waals surface area contributed by atoms with Gasteiger partial charge in [-0.2, -0.15) is 4.31 Å². The molecule has 0 bridgehead atoms. The third-order valence-electron chi connectivity index (χ3n) is 5.00. The number of nitrogens with zero attached hydrogens (tertiary/aromatic N) is 2. The second-order valence-electron chi connectivity index (χ2n) is 6.99. The van der Waals surface area contributed by atoms with Crippen LogP contribution in [0.2, 0.25) is 0 Å². The number of likely N-dealkylation sites (tertiary alicyclic amines) is 1. The standard InChI is InChI=1S/C18H25N3O6S/c1-26-17(22)13-3-5-14(6-4-13)19-18(23)20-11-16(12-20)21(28(2,24)25)15-7-9-27-10-8-15/h3-6,15-16H,7-12H2,1-2H3,(H,19,23). The van der Waals surface area contributed by atoms with Crippen LogP contribution in [0.5, 0.6) is 0 Å². The number of ether oxygens (including phenoxy) is 2. The first-order chi connectivity index (χ1) is 13.3. The zero-order chi connectivity index (χ0) is 20.3. The van der Waals surface area contributed by atoms with E-state index >= 15 is 0 Å². The summed E-state index contributed by atoms with van der Waals surface area (Å²) in [7, 11) is -2.07. The highest BCUT2D eigenvalue weighted by Gasteiger charge is 2.42. The largest absolute Gasteiger partial charge is 0.465 e. The van der Waals surface area contributed by atoms with Crippen molar-refractivity contribution in [2.24, 2.45) is 0 Å². The monoisotopic (exact) mass is 411 g/mol. The number of nitrogens with one attached hydrogen (secondary N) is 1. The summed E-state index contributed by atoms with van der Waals surface area (Å²) in [6, 6.07) is 5.77. The van der Waals surface area contributed by atoms with Gasteiger partial charge in [0.1, 0.15) is 0 Å². The van der Waals surface area contributed by atoms with Crippen LogP contribution in [-0.2, 0) is 19.5 Å². The normalized spacial score (nSPS) is 18.6. The van der Waals surface area contributed by atoms with Crippen LogP contribution in [0.25, 0.3) is 0 Å². The summed E-state index contributed by atoms with van der Waals surface area (Å²) < 4.78 is 36.1. The maximum absolute atomic E-state index is 12.4. The van der Waals surface area contributed by atoms with E-state index in [4.69, 9.17) is 4.74 Å². The SMILES string of the molecule is COC(=O)c1ccc(NC(=O)N2CC(N(C3CCOCC3)S(C)(=O)=O)C2)cc1. The average Bonchev–Trinajstić information content (AvgIpc) is 2.63. The molecule has 2 heterocycles. The zero-order valence-corrected chi connectivity index (χ0v) is 16.8. The molecular formula is C18H25N3O6S. The van der Waals surface area contributed by atoms with E-state index in [0.29, 0.717) is 50.4 Å². The predicted octanol–water partition coefficient (Wildman–Crippen LogP) is 1.13. The quantitative estimate of drug-likeness (QED) is 0.728. The Morgan fingerprint density at radius 1 is 1.14 bits per heavy atom. The number of benzene rings is 1. The lowest BCUT2D eigenvalue weighted by Gasteiger charge is -2.47. The van der Waals surface area contributed by atoms with Crippen molar-refractivity contribution in [3.05, 3.63) is 29.8 Å². The van der Waals surface area contributed by atoms with Gasteiger partial charge >= 0.3 is 12.0 Å². The number of sulfonamides is 1. The molecule has 0 saturated carbocycles. The summed E-state index contributed by atoms with van der Waals surface area (Å²) in [5.41, 5.74) is 0.940. The van der Waals surface area contributed by atoms with Crippen LogP contribution < -0.4 is 5.32 Å². The summed E-state index contributed by atoms with van der Waals surface area (Å²) in [5.74, 6) is -0.447. The highest BCUT2D eigenvalue weighted by molar-refractivity contribution is 7.88. The van der Waals surface area contributed by atoms with Crippen LogP contribution >= 0.6 is 0 Å². The molecule has 2 aliphatic heterocycles. The molecule has 28 heavy (non-hydrogen) atoms. The molecule has 1 aromatic rings. The number of esters is 1. The highest BCUT2D eigenvalue weighted by atomic mass is 32.2. The molecule has 154 valence electrons. The van der Waals surface area contributed by atoms with Crippen LogP contribution in [0.4, 0.5) is 10.5 Å². The van der Waals surface area contributed by atoms with Crippen LogP contribution in [0.15, 0.2) is 24.3 Å². The molecule has 10 heteroatoms. The first kappa shape index (κ1) is 20.6. The van der Waals surface area contributed by atoms with Crippen LogP contribution in [0.3, 0.4) is 0 Å². The molecule has 0 aromatic heterocycles. The number of carbonyl (C=O) groups excluding carboxylic acids is 2. The molecule has 2 saturated heterocycles. The second-order valence-corrected chi connectivity index (χ2v) is 8.88. The first-order valence-corrected chi connectivity index (χ1v) is 10.9. The van der Waals surface area contributed by atoms with Gasteiger partial charge in [0.05, 0.1) is 25.0 Å². The fourth-order valence-electron chi connectivity index (χ4n) is 3.57. The molecule has 2 amide bonds. The van der Waals surface area contributed by atoms with E-state index < -0.39 is 16.0 Å². The maximum atomic E-state index is 12.4. The Bertz CT molecular complexity index is 814. The van der Waals surface area contributed by atoms with Gasteiger partial charge in [-0.25, -0.2) is 18.0 Å². The molecule has 0 unspecified atom stereocenters. The van der Waals surface area contributed by atoms with Crippen LogP contribution in [-0.4, -0.2) is 81.4 Å². The van der Waals surface area contributed by atoms with Crippen molar-refractivity contribution < 1.29 is 27.5 Å². The lowest BCUT2D eigenvalue weighted by atomic mass is 10.0. The minimum atomic E-state index is -3.37. The van der Waals surface area contributed by atoms with Crippen molar-refractivity contribution in [3.63, 3.8) is 0 Å². The number of amides is 2. The van der Waals surface area contributed by atoms with E-state index in [1.165, 1.54) is 13.4 Å². The van der Waals surface area contributed by atoms with Gasteiger partial charge in [0.15, 0.2) is 0 Å². The molecule has 2 fully saturated rings. The molecule has 9 nitrogen and oxygen atoms in total. The summed E-state index contributed by atoms with van der Waals surface area (Å²) in [4.78, 5) is 25.4. The summed E-state index contributed by atoms with van der Waals surface area (Å²) in [6.07, 6.45) is 2.55. The average molecular weight is 411 g/mol. The molecule has 1 aromatic carbocycles. The van der Waals surface area contributed by atoms with Crippen molar-refractivity contribution in [2.75, 3.05) is 45.0 Å². The molecule has 2 aliphatic rings. The minimum Gasteiger partial charge on any atom is -0.465 e. The van der Waals surface area contributed by atoms with E-state index in [-0.39, 0.29) is 18.1 Å². The molecule has 1 N–H and O–H groups in total. The molecule has 3 rings (SSSR count). The molecule has 0 atom stereocenters. The number of urea groups is 1. The Morgan fingerprint density at radius 3 is 2.29 bits per heavy atom. The fraction of sp³-hybridized carbons (Fsp3) is 0.556. The van der Waals surface area contributed by atoms with Gasteiger partial charge in [-0.05, 0) is 37.1 Å². The van der Waals surface area contributed by atoms with E-state index in [1.807, 2.05) is 0 Å². The van der Waals surface area contributed by atoms with E-state index in [9.17, 15) is 18.0 Å². The van der Waals surface area contributed by atoms with E-state index in [1.54, 1.807) is 33.5 Å². The summed E-state index contributed by atoms with van der Waals surface area (Å²) in [5, 5.41) is 2.75. The Balaban J connectivity index is 1.57. The van der Waals surface area contributed by atoms with Crippen molar-refractivity contribution in [1.82, 2.24) is 9.21 Å². The Labute approximate surface area is 164 Å². The van der Waals surface area contributed by atoms with Gasteiger partial charge in [-0.1, -0.05) is 0 Å². The van der Waals surface area contributed by atoms with Crippen molar-refractivity contribution in [3.8, 4) is 0 Å². The highest BCUT2D eigenvalue weighted by Crippen LogP contribution is 2.26. The van der Waals surface area contributed by atoms with Gasteiger partial charge < -0.3 is 19.7 Å². The topological polar surface area (TPSA) is 105 Å². The minimum absolute atomic E-state index is 0.0789. The first-order valence-electron chi connectivity index (χ1n) is 9.10. The lowest BCUT2D eigenvalue weighted by Crippen LogP contribution is -2.65. The summed E-state index contributed by atoms with van der Waals surface area (Å²) in [6.45, 7) is 1.79. The number of rotatable bonds is 5. The molecular weight excluding hydrogens is 386 g/mol. The molecule has 0 spiro atoms. The number of carbonyl (C=O) groups is 2. The predicted molar refractivity (Wildman–Crippen MR) is 103 cm³/mol. The van der Waals surface area contributed by atoms with Gasteiger partial charge in [-0.15, -0.1) is 0 Å². The lowest BCUT2D eigenvalue weighted by molar-refractivity contribution is 0.0246. The van der Waals surface area contributed by atoms with Crippen molar-refractivity contribution in [2.45, 2.75) is 24.9 Å². The second kappa shape index (κ2) is 8.46. The number of methoxy groups -OCH3 is 1. The summed E-state index contributed by atoms with van der Waals surface area (Å²) >= 11 is 0. The van der Waals surface area contributed by atoms with Gasteiger partial charge in [0.2, 0.25) is 10.0 Å². The number of hydrogen-bond donors (Lipinski definition) is 1. The number of hydrogen-bond acceptors (Lipinski definition) is 6. The van der Waals surface area contributed by atoms with E-state index in [0.717, 1.165) is 0 Å². The van der Waals surface area contributed by atoms with Crippen molar-refractivity contribution >= 4 is 27.7 Å². The smallest absolute Gasteiger partial charge is 0.337 e. The third kappa shape index (κ3) is 4.62. The Hall–Kier alpha value is -2.17. The van der Waals surface area contributed by atoms with Crippen LogP contribution in [0, 0.1) is 0 Å². The maximum Gasteiger partial charge on any atom is 0.337 e. The van der Waals surface area contributed by atoms with Crippen LogP contribution in [0.1, 0.15) is 23.2 Å². The van der Waals surface area contributed by atoms with E-state index in [2.05, 4.69) is 10.1 Å². The Morgan fingerprint density at radius 2 is 1.75 bits per heavy atom. The molecule has 0 aliphatic carbocycles. The van der Waals surface area contributed by atoms with Gasteiger partial charge in [0, 0.05) is 38.0 Å². The van der Waals surface area contributed by atoms with Gasteiger partial charge in [0.25, 0.3) is 0 Å². The molecule has 0 radical (unpaired) electrons.